The van der Waals surface area contributed by atoms with Gasteiger partial charge in [0, 0.05) is 25.2 Å². The summed E-state index contributed by atoms with van der Waals surface area (Å²) in [6, 6.07) is 6.78. The van der Waals surface area contributed by atoms with Crippen LogP contribution in [0.25, 0.3) is 11.0 Å². The number of para-hydroxylation sites is 1. The van der Waals surface area contributed by atoms with Crippen LogP contribution >= 0.6 is 0 Å². The molecule has 0 amide bonds. The second kappa shape index (κ2) is 7.59. The molecule has 0 bridgehead atoms. The second-order valence-electron chi connectivity index (χ2n) is 6.57. The van der Waals surface area contributed by atoms with Crippen molar-refractivity contribution in [2.24, 2.45) is 0 Å². The van der Waals surface area contributed by atoms with E-state index in [9.17, 15) is 10.1 Å². The minimum atomic E-state index is -0.479. The lowest BCUT2D eigenvalue weighted by Crippen LogP contribution is -2.42. The second-order valence-corrected chi connectivity index (χ2v) is 6.57. The standard InChI is InChI=1S/C18H17N7O4/c1-28-17-11(8-19)9-20-18(22-17)21-12-4-3-7-24(10-12)16-13-5-2-6-14(25(26)27)15(13)29-23-16/h2,5-6,9,12H,3-4,7,10H2,1H3,(H,20,21,22). The molecule has 1 aliphatic rings. The van der Waals surface area contributed by atoms with Crippen molar-refractivity contribution in [2.45, 2.75) is 18.9 Å². The van der Waals surface area contributed by atoms with Crippen molar-refractivity contribution < 1.29 is 14.2 Å². The van der Waals surface area contributed by atoms with Crippen molar-refractivity contribution in [2.75, 3.05) is 30.4 Å². The number of nitro benzene ring substituents is 1. The Labute approximate surface area is 165 Å². The molecule has 0 radical (unpaired) electrons. The quantitative estimate of drug-likeness (QED) is 0.505. The number of rotatable bonds is 5. The number of nitrogens with zero attached hydrogens (tertiary/aromatic N) is 6. The van der Waals surface area contributed by atoms with Gasteiger partial charge in [-0.15, -0.1) is 0 Å². The summed E-state index contributed by atoms with van der Waals surface area (Å²) in [5, 5.41) is 28.2. The van der Waals surface area contributed by atoms with Crippen LogP contribution in [0.3, 0.4) is 0 Å². The molecule has 3 heterocycles. The number of fused-ring (bicyclic) bond motifs is 1. The highest BCUT2D eigenvalue weighted by molar-refractivity contribution is 5.94. The molecule has 2 aromatic heterocycles. The van der Waals surface area contributed by atoms with Crippen molar-refractivity contribution in [3.8, 4) is 11.9 Å². The molecule has 1 atom stereocenters. The predicted molar refractivity (Wildman–Crippen MR) is 103 cm³/mol. The van der Waals surface area contributed by atoms with Gasteiger partial charge in [0.1, 0.15) is 11.6 Å². The van der Waals surface area contributed by atoms with E-state index in [1.54, 1.807) is 12.1 Å². The third-order valence-corrected chi connectivity index (χ3v) is 4.78. The average Bonchev–Trinajstić information content (AvgIpc) is 3.18. The molecule has 11 nitrogen and oxygen atoms in total. The van der Waals surface area contributed by atoms with E-state index in [1.165, 1.54) is 19.4 Å². The lowest BCUT2D eigenvalue weighted by atomic mass is 10.1. The zero-order chi connectivity index (χ0) is 20.4. The number of methoxy groups -OCH3 is 1. The average molecular weight is 395 g/mol. The van der Waals surface area contributed by atoms with Gasteiger partial charge in [-0.2, -0.15) is 10.2 Å². The number of aromatic nitrogens is 3. The van der Waals surface area contributed by atoms with E-state index in [1.807, 2.05) is 11.0 Å². The zero-order valence-electron chi connectivity index (χ0n) is 15.5. The highest BCUT2D eigenvalue weighted by atomic mass is 16.6. The number of anilines is 2. The maximum atomic E-state index is 11.2. The van der Waals surface area contributed by atoms with E-state index < -0.39 is 4.92 Å². The molecule has 0 spiro atoms. The van der Waals surface area contributed by atoms with Crippen molar-refractivity contribution in [1.29, 1.82) is 5.26 Å². The fourth-order valence-electron chi connectivity index (χ4n) is 3.44. The highest BCUT2D eigenvalue weighted by Crippen LogP contribution is 2.33. The molecule has 1 aliphatic heterocycles. The van der Waals surface area contributed by atoms with Gasteiger partial charge in [-0.05, 0) is 18.9 Å². The Morgan fingerprint density at radius 1 is 1.48 bits per heavy atom. The number of nitriles is 1. The smallest absolute Gasteiger partial charge is 0.315 e. The van der Waals surface area contributed by atoms with Gasteiger partial charge in [0.25, 0.3) is 0 Å². The van der Waals surface area contributed by atoms with Gasteiger partial charge < -0.3 is 19.5 Å². The summed E-state index contributed by atoms with van der Waals surface area (Å²) in [4.78, 5) is 21.1. The van der Waals surface area contributed by atoms with E-state index in [4.69, 9.17) is 14.5 Å². The molecular formula is C18H17N7O4. The van der Waals surface area contributed by atoms with Crippen LogP contribution in [-0.4, -0.2) is 46.3 Å². The van der Waals surface area contributed by atoms with Gasteiger partial charge in [-0.25, -0.2) is 4.98 Å². The Bertz CT molecular complexity index is 1110. The van der Waals surface area contributed by atoms with Crippen LogP contribution < -0.4 is 15.0 Å². The molecule has 148 valence electrons. The molecule has 29 heavy (non-hydrogen) atoms. The maximum absolute atomic E-state index is 11.2. The zero-order valence-corrected chi connectivity index (χ0v) is 15.5. The molecule has 1 fully saturated rings. The van der Waals surface area contributed by atoms with E-state index in [-0.39, 0.29) is 28.8 Å². The Balaban J connectivity index is 1.55. The first-order valence-electron chi connectivity index (χ1n) is 8.96. The molecule has 0 saturated carbocycles. The topological polar surface area (TPSA) is 143 Å². The first-order chi connectivity index (χ1) is 14.1. The van der Waals surface area contributed by atoms with Gasteiger partial charge in [0.2, 0.25) is 17.4 Å². The van der Waals surface area contributed by atoms with E-state index in [0.29, 0.717) is 23.7 Å². The summed E-state index contributed by atoms with van der Waals surface area (Å²) in [5.41, 5.74) is 0.327. The lowest BCUT2D eigenvalue weighted by Gasteiger charge is -2.33. The monoisotopic (exact) mass is 395 g/mol. The fourth-order valence-corrected chi connectivity index (χ4v) is 3.44. The van der Waals surface area contributed by atoms with E-state index >= 15 is 0 Å². The number of hydrogen-bond donors (Lipinski definition) is 1. The first kappa shape index (κ1) is 18.4. The van der Waals surface area contributed by atoms with Gasteiger partial charge in [-0.1, -0.05) is 11.2 Å². The summed E-state index contributed by atoms with van der Waals surface area (Å²) < 4.78 is 10.4. The summed E-state index contributed by atoms with van der Waals surface area (Å²) in [6.07, 6.45) is 3.19. The number of nitrogens with one attached hydrogen (secondary N) is 1. The number of ether oxygens (including phenoxy) is 1. The molecule has 1 unspecified atom stereocenters. The molecule has 1 aromatic carbocycles. The fraction of sp³-hybridized carbons (Fsp3) is 0.333. The van der Waals surface area contributed by atoms with Crippen molar-refractivity contribution >= 4 is 28.4 Å². The van der Waals surface area contributed by atoms with Crippen LogP contribution in [0.5, 0.6) is 5.88 Å². The molecule has 3 aromatic rings. The van der Waals surface area contributed by atoms with Crippen LogP contribution in [0, 0.1) is 21.4 Å². The first-order valence-corrected chi connectivity index (χ1v) is 8.96. The van der Waals surface area contributed by atoms with Gasteiger partial charge >= 0.3 is 5.69 Å². The summed E-state index contributed by atoms with van der Waals surface area (Å²) in [7, 11) is 1.45. The van der Waals surface area contributed by atoms with Crippen LogP contribution in [0.4, 0.5) is 17.5 Å². The Morgan fingerprint density at radius 2 is 2.34 bits per heavy atom. The molecule has 4 rings (SSSR count). The number of non-ortho nitro benzene ring substituents is 1. The maximum Gasteiger partial charge on any atom is 0.315 e. The predicted octanol–water partition coefficient (Wildman–Crippen LogP) is 2.49. The van der Waals surface area contributed by atoms with Crippen LogP contribution in [0.1, 0.15) is 18.4 Å². The van der Waals surface area contributed by atoms with Crippen LogP contribution in [0.2, 0.25) is 0 Å². The van der Waals surface area contributed by atoms with Crippen molar-refractivity contribution in [1.82, 2.24) is 15.1 Å². The minimum absolute atomic E-state index is 0.0202. The lowest BCUT2D eigenvalue weighted by molar-refractivity contribution is -0.383. The molecular weight excluding hydrogens is 378 g/mol. The summed E-state index contributed by atoms with van der Waals surface area (Å²) in [5.74, 6) is 1.16. The summed E-state index contributed by atoms with van der Waals surface area (Å²) in [6.45, 7) is 1.34. The van der Waals surface area contributed by atoms with E-state index in [0.717, 1.165) is 19.4 Å². The Hall–Kier alpha value is -3.94. The van der Waals surface area contributed by atoms with Crippen molar-refractivity contribution in [3.63, 3.8) is 0 Å². The SMILES string of the molecule is COc1nc(NC2CCCN(c3noc4c([N+](=O)[O-])cccc34)C2)ncc1C#N. The number of piperidine rings is 1. The molecule has 1 N–H and O–H groups in total. The number of hydrogen-bond acceptors (Lipinski definition) is 10. The largest absolute Gasteiger partial charge is 0.480 e. The van der Waals surface area contributed by atoms with Gasteiger partial charge in [0.05, 0.1) is 23.6 Å². The van der Waals surface area contributed by atoms with Crippen LogP contribution in [0.15, 0.2) is 28.9 Å². The molecule has 1 saturated heterocycles. The van der Waals surface area contributed by atoms with Gasteiger partial charge in [0.15, 0.2) is 5.82 Å². The number of benzene rings is 1. The summed E-state index contributed by atoms with van der Waals surface area (Å²) >= 11 is 0. The Morgan fingerprint density at radius 3 is 3.10 bits per heavy atom. The highest BCUT2D eigenvalue weighted by Gasteiger charge is 2.27. The van der Waals surface area contributed by atoms with Crippen molar-refractivity contribution in [3.05, 3.63) is 40.1 Å². The molecule has 0 aliphatic carbocycles. The van der Waals surface area contributed by atoms with Gasteiger partial charge in [-0.3, -0.25) is 10.1 Å². The molecule has 11 heteroatoms. The normalized spacial score (nSPS) is 16.4. The third-order valence-electron chi connectivity index (χ3n) is 4.78. The third kappa shape index (κ3) is 3.47. The Kier molecular flexibility index (Phi) is 4.82. The minimum Gasteiger partial charge on any atom is -0.480 e. The van der Waals surface area contributed by atoms with Crippen LogP contribution in [-0.2, 0) is 0 Å². The number of nitro groups is 1. The van der Waals surface area contributed by atoms with E-state index in [2.05, 4.69) is 20.4 Å².